The van der Waals surface area contributed by atoms with Gasteiger partial charge in [-0.2, -0.15) is 0 Å². The van der Waals surface area contributed by atoms with Crippen LogP contribution in [-0.4, -0.2) is 50.0 Å². The van der Waals surface area contributed by atoms with Crippen molar-refractivity contribution in [1.82, 2.24) is 10.2 Å². The Kier molecular flexibility index (Phi) is 3.90. The number of rotatable bonds is 3. The Morgan fingerprint density at radius 2 is 2.33 bits per heavy atom. The van der Waals surface area contributed by atoms with Crippen molar-refractivity contribution in [3.63, 3.8) is 0 Å². The molecule has 0 aliphatic carbocycles. The Balaban J connectivity index is 2.04. The third kappa shape index (κ3) is 2.66. The smallest absolute Gasteiger partial charge is 0.187 e. The second-order valence-corrected chi connectivity index (χ2v) is 5.04. The summed E-state index contributed by atoms with van der Waals surface area (Å²) in [5.41, 5.74) is -0.780. The molecule has 0 aromatic rings. The van der Waals surface area contributed by atoms with Gasteiger partial charge in [-0.15, -0.1) is 0 Å². The number of hydrogen-bond donors (Lipinski definition) is 1. The van der Waals surface area contributed by atoms with Gasteiger partial charge in [-0.25, -0.2) is 8.78 Å². The fourth-order valence-electron chi connectivity index (χ4n) is 2.21. The van der Waals surface area contributed by atoms with Crippen molar-refractivity contribution in [2.75, 3.05) is 33.4 Å². The highest BCUT2D eigenvalue weighted by atomic mass is 19.2. The van der Waals surface area contributed by atoms with E-state index in [1.54, 1.807) is 0 Å². The van der Waals surface area contributed by atoms with Crippen molar-refractivity contribution < 1.29 is 13.5 Å². The molecule has 2 aliphatic heterocycles. The first-order valence-corrected chi connectivity index (χ1v) is 6.26. The zero-order valence-corrected chi connectivity index (χ0v) is 10.9. The van der Waals surface area contributed by atoms with Crippen LogP contribution in [-0.2, 0) is 4.74 Å². The molecule has 0 aromatic heterocycles. The number of nitrogens with zero attached hydrogens (tertiary/aromatic N) is 1. The molecular formula is C13H20F2N2O. The lowest BCUT2D eigenvalue weighted by Gasteiger charge is -2.37. The number of likely N-dealkylation sites (N-methyl/N-ethyl adjacent to an activating group) is 1. The van der Waals surface area contributed by atoms with Crippen LogP contribution in [0.1, 0.15) is 13.3 Å². The molecule has 1 fully saturated rings. The van der Waals surface area contributed by atoms with Crippen LogP contribution >= 0.6 is 0 Å². The van der Waals surface area contributed by atoms with Gasteiger partial charge >= 0.3 is 0 Å². The number of nitrogens with one attached hydrogen (secondary N) is 1. The summed E-state index contributed by atoms with van der Waals surface area (Å²) in [4.78, 5) is 2.02. The third-order valence-electron chi connectivity index (χ3n) is 3.60. The second kappa shape index (κ2) is 5.26. The van der Waals surface area contributed by atoms with Crippen molar-refractivity contribution >= 4 is 0 Å². The molecule has 18 heavy (non-hydrogen) atoms. The molecule has 0 bridgehead atoms. The summed E-state index contributed by atoms with van der Waals surface area (Å²) in [5.74, 6) is 0.700. The summed E-state index contributed by atoms with van der Waals surface area (Å²) in [6.07, 6.45) is 3.56. The van der Waals surface area contributed by atoms with Crippen molar-refractivity contribution in [2.45, 2.75) is 25.1 Å². The maximum Gasteiger partial charge on any atom is 0.187 e. The summed E-state index contributed by atoms with van der Waals surface area (Å²) in [6.45, 7) is 2.27. The predicted molar refractivity (Wildman–Crippen MR) is 66.6 cm³/mol. The number of alkyl halides is 2. The molecule has 0 radical (unpaired) electrons. The Labute approximate surface area is 106 Å². The fraction of sp³-hybridized carbons (Fsp3) is 0.692. The number of allylic oxidation sites excluding steroid dienone is 3. The van der Waals surface area contributed by atoms with E-state index in [1.165, 1.54) is 0 Å². The highest BCUT2D eigenvalue weighted by Crippen LogP contribution is 2.28. The standard InChI is InChI=1S/C13H20F2N2O/c1-10-3-4-11(7-17(10)2)18-12-5-6-16-9-13(12,15)8-14/h3-4,12,16H,5-9H2,1-2H3. The first kappa shape index (κ1) is 13.3. The highest BCUT2D eigenvalue weighted by Gasteiger charge is 2.43. The quantitative estimate of drug-likeness (QED) is 0.835. The molecule has 2 unspecified atom stereocenters. The van der Waals surface area contributed by atoms with Gasteiger partial charge in [-0.1, -0.05) is 0 Å². The molecule has 0 aromatic carbocycles. The number of halogens is 2. The van der Waals surface area contributed by atoms with E-state index in [0.29, 0.717) is 25.3 Å². The molecule has 0 saturated carbocycles. The van der Waals surface area contributed by atoms with Crippen LogP contribution < -0.4 is 5.32 Å². The normalized spacial score (nSPS) is 32.9. The molecule has 2 atom stereocenters. The average Bonchev–Trinajstić information content (AvgIpc) is 2.37. The monoisotopic (exact) mass is 258 g/mol. The molecule has 2 heterocycles. The number of ether oxygens (including phenoxy) is 1. The largest absolute Gasteiger partial charge is 0.489 e. The van der Waals surface area contributed by atoms with E-state index in [4.69, 9.17) is 4.74 Å². The topological polar surface area (TPSA) is 24.5 Å². The molecule has 2 rings (SSSR count). The fourth-order valence-corrected chi connectivity index (χ4v) is 2.21. The molecule has 0 amide bonds. The first-order valence-electron chi connectivity index (χ1n) is 6.26. The van der Waals surface area contributed by atoms with Gasteiger partial charge in [0.05, 0.1) is 6.54 Å². The lowest BCUT2D eigenvalue weighted by atomic mass is 9.94. The van der Waals surface area contributed by atoms with Crippen LogP contribution in [0.4, 0.5) is 8.78 Å². The Hall–Kier alpha value is -1.10. The van der Waals surface area contributed by atoms with Gasteiger partial charge in [-0.05, 0) is 25.6 Å². The van der Waals surface area contributed by atoms with Crippen LogP contribution in [0.3, 0.4) is 0 Å². The van der Waals surface area contributed by atoms with Crippen LogP contribution in [0.5, 0.6) is 0 Å². The van der Waals surface area contributed by atoms with E-state index < -0.39 is 18.4 Å². The lowest BCUT2D eigenvalue weighted by molar-refractivity contribution is -0.0635. The molecule has 1 saturated heterocycles. The van der Waals surface area contributed by atoms with E-state index in [0.717, 1.165) is 5.70 Å². The molecular weight excluding hydrogens is 238 g/mol. The zero-order chi connectivity index (χ0) is 13.2. The third-order valence-corrected chi connectivity index (χ3v) is 3.60. The van der Waals surface area contributed by atoms with Gasteiger partial charge in [0.25, 0.3) is 0 Å². The average molecular weight is 258 g/mol. The summed E-state index contributed by atoms with van der Waals surface area (Å²) in [5, 5.41) is 2.87. The van der Waals surface area contributed by atoms with Crippen molar-refractivity contribution in [2.24, 2.45) is 0 Å². The first-order chi connectivity index (χ1) is 8.55. The van der Waals surface area contributed by atoms with E-state index in [1.807, 2.05) is 31.0 Å². The molecule has 3 nitrogen and oxygen atoms in total. The Morgan fingerprint density at radius 1 is 1.56 bits per heavy atom. The summed E-state index contributed by atoms with van der Waals surface area (Å²) < 4.78 is 32.8. The SMILES string of the molecule is CC1=CC=C(OC2CCNCC2(F)CF)CN1C. The summed E-state index contributed by atoms with van der Waals surface area (Å²) >= 11 is 0. The molecule has 5 heteroatoms. The van der Waals surface area contributed by atoms with E-state index in [9.17, 15) is 8.78 Å². The van der Waals surface area contributed by atoms with Gasteiger partial charge in [0.15, 0.2) is 5.67 Å². The summed E-state index contributed by atoms with van der Waals surface area (Å²) in [7, 11) is 1.95. The van der Waals surface area contributed by atoms with Crippen molar-refractivity contribution in [3.8, 4) is 0 Å². The molecule has 2 aliphatic rings. The molecule has 1 N–H and O–H groups in total. The van der Waals surface area contributed by atoms with E-state index in [2.05, 4.69) is 5.32 Å². The van der Waals surface area contributed by atoms with Gasteiger partial charge in [0.2, 0.25) is 0 Å². The predicted octanol–water partition coefficient (Wildman–Crippen LogP) is 1.78. The number of piperidine rings is 1. The zero-order valence-electron chi connectivity index (χ0n) is 10.9. The van der Waals surface area contributed by atoms with Crippen LogP contribution in [0.25, 0.3) is 0 Å². The van der Waals surface area contributed by atoms with Crippen LogP contribution in [0.15, 0.2) is 23.6 Å². The van der Waals surface area contributed by atoms with Gasteiger partial charge in [-0.3, -0.25) is 0 Å². The second-order valence-electron chi connectivity index (χ2n) is 5.04. The van der Waals surface area contributed by atoms with Gasteiger partial charge in [0, 0.05) is 25.7 Å². The van der Waals surface area contributed by atoms with Crippen molar-refractivity contribution in [1.29, 1.82) is 0 Å². The lowest BCUT2D eigenvalue weighted by Crippen LogP contribution is -2.55. The Morgan fingerprint density at radius 3 is 3.00 bits per heavy atom. The molecule has 0 spiro atoms. The summed E-state index contributed by atoms with van der Waals surface area (Å²) in [6, 6.07) is 0. The Bertz CT molecular complexity index is 370. The molecule has 102 valence electrons. The van der Waals surface area contributed by atoms with Crippen molar-refractivity contribution in [3.05, 3.63) is 23.6 Å². The minimum atomic E-state index is -1.91. The number of hydrogen-bond acceptors (Lipinski definition) is 3. The maximum absolute atomic E-state index is 14.3. The maximum atomic E-state index is 14.3. The minimum Gasteiger partial charge on any atom is -0.489 e. The minimum absolute atomic E-state index is 0.0200. The van der Waals surface area contributed by atoms with Crippen LogP contribution in [0, 0.1) is 0 Å². The van der Waals surface area contributed by atoms with Crippen LogP contribution in [0.2, 0.25) is 0 Å². The van der Waals surface area contributed by atoms with E-state index >= 15 is 0 Å². The van der Waals surface area contributed by atoms with Gasteiger partial charge in [0.1, 0.15) is 18.5 Å². The van der Waals surface area contributed by atoms with Gasteiger partial charge < -0.3 is 15.0 Å². The highest BCUT2D eigenvalue weighted by molar-refractivity contribution is 5.20. The van der Waals surface area contributed by atoms with E-state index in [-0.39, 0.29) is 6.54 Å².